The van der Waals surface area contributed by atoms with Gasteiger partial charge in [-0.25, -0.2) is 4.68 Å². The molecule has 0 spiro atoms. The Morgan fingerprint density at radius 2 is 2.28 bits per heavy atom. The van der Waals surface area contributed by atoms with Crippen LogP contribution >= 0.6 is 0 Å². The van der Waals surface area contributed by atoms with Crippen LogP contribution in [0.25, 0.3) is 0 Å². The van der Waals surface area contributed by atoms with Gasteiger partial charge < -0.3 is 10.1 Å². The highest BCUT2D eigenvalue weighted by atomic mass is 16.5. The number of ether oxygens (including phenoxy) is 1. The molecule has 0 bridgehead atoms. The molecule has 1 N–H and O–H groups in total. The third kappa shape index (κ3) is 2.47. The van der Waals surface area contributed by atoms with Gasteiger partial charge in [-0.2, -0.15) is 5.10 Å². The van der Waals surface area contributed by atoms with Gasteiger partial charge in [0.15, 0.2) is 0 Å². The van der Waals surface area contributed by atoms with Crippen molar-refractivity contribution in [2.24, 2.45) is 5.92 Å². The van der Waals surface area contributed by atoms with Crippen molar-refractivity contribution in [3.8, 4) is 0 Å². The van der Waals surface area contributed by atoms with Gasteiger partial charge in [0.2, 0.25) is 0 Å². The Hall–Kier alpha value is -1.20. The van der Waals surface area contributed by atoms with Gasteiger partial charge in [0.05, 0.1) is 5.69 Å². The molecule has 0 aliphatic carbocycles. The topological polar surface area (TPSA) is 56.2 Å². The van der Waals surface area contributed by atoms with Crippen molar-refractivity contribution in [2.45, 2.75) is 32.4 Å². The van der Waals surface area contributed by atoms with Crippen LogP contribution < -0.4 is 10.9 Å². The Labute approximate surface area is 106 Å². The van der Waals surface area contributed by atoms with Crippen molar-refractivity contribution in [1.29, 1.82) is 0 Å². The molecule has 5 heteroatoms. The standard InChI is InChI=1S/C13H19N3O2/c17-13-7-11-8-14-4-1-12(11)15-16(13)9-10-2-5-18-6-3-10/h7,10,14H,1-6,8-9H2. The van der Waals surface area contributed by atoms with Crippen LogP contribution in [0.15, 0.2) is 10.9 Å². The van der Waals surface area contributed by atoms with Crippen LogP contribution in [0.3, 0.4) is 0 Å². The number of rotatable bonds is 2. The first-order valence-corrected chi connectivity index (χ1v) is 6.71. The molecule has 2 aliphatic rings. The lowest BCUT2D eigenvalue weighted by atomic mass is 10.0. The molecule has 1 saturated heterocycles. The van der Waals surface area contributed by atoms with Crippen molar-refractivity contribution in [3.05, 3.63) is 27.7 Å². The fourth-order valence-electron chi connectivity index (χ4n) is 2.66. The van der Waals surface area contributed by atoms with Crippen LogP contribution in [-0.2, 0) is 24.2 Å². The van der Waals surface area contributed by atoms with Crippen LogP contribution in [0, 0.1) is 5.92 Å². The first kappa shape index (κ1) is 11.9. The number of nitrogens with zero attached hydrogens (tertiary/aromatic N) is 2. The van der Waals surface area contributed by atoms with E-state index in [1.807, 2.05) is 0 Å². The number of hydrogen-bond donors (Lipinski definition) is 1. The maximum Gasteiger partial charge on any atom is 0.267 e. The lowest BCUT2D eigenvalue weighted by Crippen LogP contribution is -2.34. The quantitative estimate of drug-likeness (QED) is 0.820. The first-order chi connectivity index (χ1) is 8.83. The highest BCUT2D eigenvalue weighted by Crippen LogP contribution is 2.16. The predicted molar refractivity (Wildman–Crippen MR) is 67.5 cm³/mol. The molecule has 3 rings (SSSR count). The molecule has 0 radical (unpaired) electrons. The zero-order valence-electron chi connectivity index (χ0n) is 10.5. The molecule has 0 amide bonds. The van der Waals surface area contributed by atoms with Crippen LogP contribution in [0.4, 0.5) is 0 Å². The fraction of sp³-hybridized carbons (Fsp3) is 0.692. The molecule has 5 nitrogen and oxygen atoms in total. The van der Waals surface area contributed by atoms with Crippen molar-refractivity contribution < 1.29 is 4.74 Å². The second-order valence-electron chi connectivity index (χ2n) is 5.12. The van der Waals surface area contributed by atoms with Gasteiger partial charge in [-0.3, -0.25) is 4.79 Å². The van der Waals surface area contributed by atoms with Gasteiger partial charge in [0.25, 0.3) is 5.56 Å². The maximum atomic E-state index is 12.0. The maximum absolute atomic E-state index is 12.0. The molecule has 0 aromatic carbocycles. The molecule has 0 saturated carbocycles. The predicted octanol–water partition coefficient (Wildman–Crippen LogP) is 0.316. The van der Waals surface area contributed by atoms with Crippen molar-refractivity contribution in [1.82, 2.24) is 15.1 Å². The Balaban J connectivity index is 1.80. The van der Waals surface area contributed by atoms with Gasteiger partial charge in [-0.1, -0.05) is 0 Å². The number of fused-ring (bicyclic) bond motifs is 1. The third-order valence-corrected chi connectivity index (χ3v) is 3.79. The van der Waals surface area contributed by atoms with E-state index in [9.17, 15) is 4.79 Å². The molecular weight excluding hydrogens is 230 g/mol. The molecule has 0 atom stereocenters. The lowest BCUT2D eigenvalue weighted by Gasteiger charge is -2.23. The highest BCUT2D eigenvalue weighted by molar-refractivity contribution is 5.20. The summed E-state index contributed by atoms with van der Waals surface area (Å²) < 4.78 is 7.00. The summed E-state index contributed by atoms with van der Waals surface area (Å²) in [6, 6.07) is 1.74. The van der Waals surface area contributed by atoms with Crippen molar-refractivity contribution >= 4 is 0 Å². The largest absolute Gasteiger partial charge is 0.381 e. The molecule has 3 heterocycles. The van der Waals surface area contributed by atoms with Gasteiger partial charge in [-0.05, 0) is 24.3 Å². The summed E-state index contributed by atoms with van der Waals surface area (Å²) in [5, 5.41) is 7.79. The molecule has 1 aromatic rings. The van der Waals surface area contributed by atoms with E-state index in [-0.39, 0.29) is 5.56 Å². The van der Waals surface area contributed by atoms with Crippen molar-refractivity contribution in [2.75, 3.05) is 19.8 Å². The Morgan fingerprint density at radius 3 is 3.11 bits per heavy atom. The number of aromatic nitrogens is 2. The van der Waals surface area contributed by atoms with Crippen LogP contribution in [0.5, 0.6) is 0 Å². The second-order valence-corrected chi connectivity index (χ2v) is 5.12. The molecule has 18 heavy (non-hydrogen) atoms. The van der Waals surface area contributed by atoms with Gasteiger partial charge >= 0.3 is 0 Å². The molecule has 0 unspecified atom stereocenters. The summed E-state index contributed by atoms with van der Waals surface area (Å²) in [7, 11) is 0. The summed E-state index contributed by atoms with van der Waals surface area (Å²) >= 11 is 0. The number of nitrogens with one attached hydrogen (secondary N) is 1. The first-order valence-electron chi connectivity index (χ1n) is 6.71. The van der Waals surface area contributed by atoms with E-state index in [2.05, 4.69) is 10.4 Å². The SMILES string of the molecule is O=c1cc2c(nn1CC1CCOCC1)CCNC2. The van der Waals surface area contributed by atoms with Gasteiger partial charge in [-0.15, -0.1) is 0 Å². The molecule has 98 valence electrons. The lowest BCUT2D eigenvalue weighted by molar-refractivity contribution is 0.0596. The Bertz CT molecular complexity index is 478. The van der Waals surface area contributed by atoms with E-state index in [0.717, 1.165) is 63.4 Å². The van der Waals surface area contributed by atoms with Crippen molar-refractivity contribution in [3.63, 3.8) is 0 Å². The summed E-state index contributed by atoms with van der Waals surface area (Å²) in [5.41, 5.74) is 2.18. The highest BCUT2D eigenvalue weighted by Gasteiger charge is 2.17. The molecular formula is C13H19N3O2. The van der Waals surface area contributed by atoms with Crippen LogP contribution in [0.1, 0.15) is 24.1 Å². The van der Waals surface area contributed by atoms with Crippen LogP contribution in [-0.4, -0.2) is 29.5 Å². The normalized spacial score (nSPS) is 20.7. The minimum atomic E-state index is 0.0314. The molecule has 1 fully saturated rings. The Morgan fingerprint density at radius 1 is 1.44 bits per heavy atom. The summed E-state index contributed by atoms with van der Waals surface area (Å²) in [4.78, 5) is 12.0. The fourth-order valence-corrected chi connectivity index (χ4v) is 2.66. The molecule has 1 aromatic heterocycles. The average Bonchev–Trinajstić information content (AvgIpc) is 2.41. The van der Waals surface area contributed by atoms with Crippen LogP contribution in [0.2, 0.25) is 0 Å². The van der Waals surface area contributed by atoms with E-state index in [1.54, 1.807) is 10.7 Å². The van der Waals surface area contributed by atoms with E-state index < -0.39 is 0 Å². The molecule has 2 aliphatic heterocycles. The van der Waals surface area contributed by atoms with E-state index >= 15 is 0 Å². The van der Waals surface area contributed by atoms with Gasteiger partial charge in [0, 0.05) is 45.3 Å². The van der Waals surface area contributed by atoms with E-state index in [4.69, 9.17) is 4.74 Å². The number of hydrogen-bond acceptors (Lipinski definition) is 4. The van der Waals surface area contributed by atoms with E-state index in [1.165, 1.54) is 0 Å². The Kier molecular flexibility index (Phi) is 3.43. The summed E-state index contributed by atoms with van der Waals surface area (Å²) in [5.74, 6) is 0.531. The summed E-state index contributed by atoms with van der Waals surface area (Å²) in [6.07, 6.45) is 2.99. The van der Waals surface area contributed by atoms with Gasteiger partial charge in [0.1, 0.15) is 0 Å². The average molecular weight is 249 g/mol. The minimum Gasteiger partial charge on any atom is -0.381 e. The zero-order valence-corrected chi connectivity index (χ0v) is 10.5. The minimum absolute atomic E-state index is 0.0314. The zero-order chi connectivity index (χ0) is 12.4. The van der Waals surface area contributed by atoms with E-state index in [0.29, 0.717) is 5.92 Å². The third-order valence-electron chi connectivity index (χ3n) is 3.79. The smallest absolute Gasteiger partial charge is 0.267 e. The monoisotopic (exact) mass is 249 g/mol. The second kappa shape index (κ2) is 5.20. The summed E-state index contributed by atoms with van der Waals surface area (Å²) in [6.45, 7) is 4.09.